The first-order valence-corrected chi connectivity index (χ1v) is 7.76. The van der Waals surface area contributed by atoms with E-state index in [-0.39, 0.29) is 23.1 Å². The van der Waals surface area contributed by atoms with Crippen LogP contribution in [-0.4, -0.2) is 49.1 Å². The minimum atomic E-state index is -2.97. The Morgan fingerprint density at radius 3 is 2.68 bits per heavy atom. The van der Waals surface area contributed by atoms with E-state index in [1.54, 1.807) is 18.9 Å². The molecule has 1 saturated heterocycles. The van der Waals surface area contributed by atoms with E-state index in [1.807, 2.05) is 0 Å². The number of pyridine rings is 1. The number of aromatic carboxylic acids is 1. The van der Waals surface area contributed by atoms with Crippen molar-refractivity contribution in [2.75, 3.05) is 23.5 Å². The average molecular weight is 284 g/mol. The lowest BCUT2D eigenvalue weighted by Crippen LogP contribution is -2.33. The fourth-order valence-electron chi connectivity index (χ4n) is 2.22. The molecule has 0 saturated carbocycles. The average Bonchev–Trinajstić information content (AvgIpc) is 2.68. The van der Waals surface area contributed by atoms with Crippen LogP contribution in [0.3, 0.4) is 0 Å². The standard InChI is InChI=1S/C12H16N2O4S/c1-8-5-9(12(15)16)6-11(13-8)14(2)10-3-4-19(17,18)7-10/h5-6,10H,3-4,7H2,1-2H3,(H,15,16). The van der Waals surface area contributed by atoms with Gasteiger partial charge in [-0.25, -0.2) is 18.2 Å². The number of hydrogen-bond acceptors (Lipinski definition) is 5. The Morgan fingerprint density at radius 2 is 2.16 bits per heavy atom. The number of carbonyl (C=O) groups is 1. The molecule has 1 atom stereocenters. The maximum absolute atomic E-state index is 11.5. The van der Waals surface area contributed by atoms with Gasteiger partial charge in [0.15, 0.2) is 9.84 Å². The summed E-state index contributed by atoms with van der Waals surface area (Å²) >= 11 is 0. The Balaban J connectivity index is 2.29. The molecule has 0 radical (unpaired) electrons. The lowest BCUT2D eigenvalue weighted by atomic mass is 10.2. The molecule has 0 bridgehead atoms. The van der Waals surface area contributed by atoms with Crippen LogP contribution in [0.4, 0.5) is 5.82 Å². The third kappa shape index (κ3) is 3.04. The van der Waals surface area contributed by atoms with Crippen LogP contribution in [0.2, 0.25) is 0 Å². The van der Waals surface area contributed by atoms with Crippen molar-refractivity contribution >= 4 is 21.6 Å². The molecule has 0 amide bonds. The summed E-state index contributed by atoms with van der Waals surface area (Å²) in [6.45, 7) is 1.72. The highest BCUT2D eigenvalue weighted by atomic mass is 32.2. The highest BCUT2D eigenvalue weighted by Gasteiger charge is 2.31. The molecule has 1 fully saturated rings. The first kappa shape index (κ1) is 13.8. The summed E-state index contributed by atoms with van der Waals surface area (Å²) in [5, 5.41) is 9.02. The van der Waals surface area contributed by atoms with E-state index in [9.17, 15) is 13.2 Å². The van der Waals surface area contributed by atoms with Gasteiger partial charge in [0.2, 0.25) is 0 Å². The van der Waals surface area contributed by atoms with Gasteiger partial charge in [0.05, 0.1) is 17.1 Å². The molecule has 104 valence electrons. The van der Waals surface area contributed by atoms with Gasteiger partial charge in [0.25, 0.3) is 0 Å². The minimum Gasteiger partial charge on any atom is -0.478 e. The van der Waals surface area contributed by atoms with Gasteiger partial charge in [-0.3, -0.25) is 0 Å². The molecule has 19 heavy (non-hydrogen) atoms. The third-order valence-corrected chi connectivity index (χ3v) is 5.05. The van der Waals surface area contributed by atoms with E-state index >= 15 is 0 Å². The Morgan fingerprint density at radius 1 is 1.47 bits per heavy atom. The zero-order valence-electron chi connectivity index (χ0n) is 10.8. The van der Waals surface area contributed by atoms with Gasteiger partial charge < -0.3 is 10.0 Å². The smallest absolute Gasteiger partial charge is 0.335 e. The fraction of sp³-hybridized carbons (Fsp3) is 0.500. The molecule has 2 rings (SSSR count). The molecule has 1 aromatic heterocycles. The zero-order chi connectivity index (χ0) is 14.2. The number of hydrogen-bond donors (Lipinski definition) is 1. The van der Waals surface area contributed by atoms with Gasteiger partial charge in [-0.05, 0) is 25.5 Å². The molecule has 6 nitrogen and oxygen atoms in total. The van der Waals surface area contributed by atoms with Gasteiger partial charge in [0.1, 0.15) is 5.82 Å². The molecule has 1 N–H and O–H groups in total. The summed E-state index contributed by atoms with van der Waals surface area (Å²) in [5.41, 5.74) is 0.762. The molecule has 1 aliphatic rings. The zero-order valence-corrected chi connectivity index (χ0v) is 11.6. The van der Waals surface area contributed by atoms with E-state index in [2.05, 4.69) is 4.98 Å². The third-order valence-electron chi connectivity index (χ3n) is 3.30. The van der Waals surface area contributed by atoms with Crippen LogP contribution in [-0.2, 0) is 9.84 Å². The maximum Gasteiger partial charge on any atom is 0.335 e. The number of rotatable bonds is 3. The Hall–Kier alpha value is -1.63. The van der Waals surface area contributed by atoms with Crippen LogP contribution in [0.25, 0.3) is 0 Å². The second-order valence-electron chi connectivity index (χ2n) is 4.83. The quantitative estimate of drug-likeness (QED) is 0.879. The number of anilines is 1. The van der Waals surface area contributed by atoms with Crippen molar-refractivity contribution in [1.82, 2.24) is 4.98 Å². The first-order chi connectivity index (χ1) is 8.78. The fourth-order valence-corrected chi connectivity index (χ4v) is 4.00. The lowest BCUT2D eigenvalue weighted by Gasteiger charge is -2.25. The van der Waals surface area contributed by atoms with Crippen molar-refractivity contribution < 1.29 is 18.3 Å². The predicted octanol–water partition coefficient (Wildman–Crippen LogP) is 0.712. The van der Waals surface area contributed by atoms with Crippen molar-refractivity contribution in [3.05, 3.63) is 23.4 Å². The van der Waals surface area contributed by atoms with Gasteiger partial charge in [-0.2, -0.15) is 0 Å². The molecule has 1 aromatic rings. The monoisotopic (exact) mass is 284 g/mol. The number of aromatic nitrogens is 1. The molecule has 1 unspecified atom stereocenters. The van der Waals surface area contributed by atoms with Crippen molar-refractivity contribution in [2.24, 2.45) is 0 Å². The number of aryl methyl sites for hydroxylation is 1. The molecule has 7 heteroatoms. The van der Waals surface area contributed by atoms with Crippen LogP contribution in [0.15, 0.2) is 12.1 Å². The largest absolute Gasteiger partial charge is 0.478 e. The second kappa shape index (κ2) is 4.80. The number of sulfone groups is 1. The van der Waals surface area contributed by atoms with Crippen LogP contribution >= 0.6 is 0 Å². The Labute approximate surface area is 112 Å². The van der Waals surface area contributed by atoms with E-state index in [1.165, 1.54) is 12.1 Å². The molecule has 1 aliphatic heterocycles. The predicted molar refractivity (Wildman–Crippen MR) is 71.4 cm³/mol. The highest BCUT2D eigenvalue weighted by Crippen LogP contribution is 2.22. The van der Waals surface area contributed by atoms with Gasteiger partial charge >= 0.3 is 5.97 Å². The van der Waals surface area contributed by atoms with E-state index < -0.39 is 15.8 Å². The molecular formula is C12H16N2O4S. The highest BCUT2D eigenvalue weighted by molar-refractivity contribution is 7.91. The summed E-state index contributed by atoms with van der Waals surface area (Å²) in [6, 6.07) is 2.83. The Bertz CT molecular complexity index is 612. The van der Waals surface area contributed by atoms with Crippen LogP contribution in [0.5, 0.6) is 0 Å². The van der Waals surface area contributed by atoms with Crippen LogP contribution in [0.1, 0.15) is 22.5 Å². The van der Waals surface area contributed by atoms with E-state index in [4.69, 9.17) is 5.11 Å². The molecular weight excluding hydrogens is 268 g/mol. The normalized spacial score (nSPS) is 21.3. The van der Waals surface area contributed by atoms with Crippen molar-refractivity contribution in [2.45, 2.75) is 19.4 Å². The maximum atomic E-state index is 11.5. The minimum absolute atomic E-state index is 0.0987. The van der Waals surface area contributed by atoms with Crippen LogP contribution in [0, 0.1) is 6.92 Å². The molecule has 2 heterocycles. The SMILES string of the molecule is Cc1cc(C(=O)O)cc(N(C)C2CCS(=O)(=O)C2)n1. The van der Waals surface area contributed by atoms with Crippen molar-refractivity contribution in [1.29, 1.82) is 0 Å². The van der Waals surface area contributed by atoms with E-state index in [0.717, 1.165) is 0 Å². The summed E-state index contributed by atoms with van der Waals surface area (Å²) in [4.78, 5) is 17.0. The number of carboxylic acids is 1. The summed E-state index contributed by atoms with van der Waals surface area (Å²) in [7, 11) is -1.22. The van der Waals surface area contributed by atoms with Gasteiger partial charge in [-0.15, -0.1) is 0 Å². The topological polar surface area (TPSA) is 87.6 Å². The van der Waals surface area contributed by atoms with Crippen molar-refractivity contribution in [3.63, 3.8) is 0 Å². The first-order valence-electron chi connectivity index (χ1n) is 5.94. The van der Waals surface area contributed by atoms with Gasteiger partial charge in [-0.1, -0.05) is 0 Å². The lowest BCUT2D eigenvalue weighted by molar-refractivity contribution is 0.0696. The van der Waals surface area contributed by atoms with Gasteiger partial charge in [0, 0.05) is 18.8 Å². The summed E-state index contributed by atoms with van der Waals surface area (Å²) in [5.74, 6) is -0.236. The second-order valence-corrected chi connectivity index (χ2v) is 7.06. The number of carboxylic acid groups (broad SMARTS) is 1. The van der Waals surface area contributed by atoms with Crippen molar-refractivity contribution in [3.8, 4) is 0 Å². The molecule has 0 spiro atoms. The Kier molecular flexibility index (Phi) is 3.49. The van der Waals surface area contributed by atoms with E-state index in [0.29, 0.717) is 17.9 Å². The summed E-state index contributed by atoms with van der Waals surface area (Å²) < 4.78 is 23.0. The molecule has 0 aliphatic carbocycles. The summed E-state index contributed by atoms with van der Waals surface area (Å²) in [6.07, 6.45) is 0.552. The van der Waals surface area contributed by atoms with Crippen LogP contribution < -0.4 is 4.90 Å². The molecule has 0 aromatic carbocycles. The number of nitrogens with zero attached hydrogens (tertiary/aromatic N) is 2.